The first-order valence-corrected chi connectivity index (χ1v) is 4.58. The first kappa shape index (κ1) is 13.9. The normalized spacial score (nSPS) is 8.58. The molecule has 0 nitrogen and oxygen atoms in total. The van der Waals surface area contributed by atoms with Gasteiger partial charge in [0.2, 0.25) is 0 Å². The molecule has 0 rings (SSSR count). The van der Waals surface area contributed by atoms with Gasteiger partial charge in [0.1, 0.15) is 0 Å². The van der Waals surface area contributed by atoms with E-state index in [1.165, 1.54) is 0 Å². The van der Waals surface area contributed by atoms with Crippen LogP contribution < -0.4 is 0 Å². The molecule has 0 aromatic carbocycles. The predicted molar refractivity (Wildman–Crippen MR) is 62.2 cm³/mol. The molecule has 0 amide bonds. The number of hydrogen-bond acceptors (Lipinski definition) is 1. The maximum atomic E-state index is 3.70. The summed E-state index contributed by atoms with van der Waals surface area (Å²) in [5, 5.41) is 0. The Kier molecular flexibility index (Phi) is 11.9. The Morgan fingerprint density at radius 3 is 1.58 bits per heavy atom. The lowest BCUT2D eigenvalue weighted by molar-refractivity contribution is 1.68. The molecule has 0 aliphatic rings. The summed E-state index contributed by atoms with van der Waals surface area (Å²) in [5.41, 5.74) is 0. The fourth-order valence-corrected chi connectivity index (χ4v) is 1.03. The molecule has 0 aromatic heterocycles. The topological polar surface area (TPSA) is 0 Å². The minimum Gasteiger partial charge on any atom is -0.101 e. The van der Waals surface area contributed by atoms with E-state index in [0.717, 1.165) is 9.81 Å². The molecule has 0 aliphatic heterocycles. The molecule has 0 heterocycles. The second-order valence-corrected chi connectivity index (χ2v) is 3.87. The monoisotopic (exact) mass is 182 g/mol. The van der Waals surface area contributed by atoms with Gasteiger partial charge in [0.05, 0.1) is 0 Å². The number of allylic oxidation sites excluding steroid dienone is 5. The summed E-state index contributed by atoms with van der Waals surface area (Å²) in [5.74, 6) is 0. The van der Waals surface area contributed by atoms with E-state index in [2.05, 4.69) is 19.7 Å². The molecule has 1 heteroatoms. The zero-order valence-corrected chi connectivity index (χ0v) is 9.08. The predicted octanol–water partition coefficient (Wildman–Crippen LogP) is 4.54. The maximum absolute atomic E-state index is 3.70. The van der Waals surface area contributed by atoms with Crippen molar-refractivity contribution in [2.45, 2.75) is 20.8 Å². The Bertz CT molecular complexity index is 163. The molecular formula is C11H18S. The molecule has 0 spiro atoms. The highest BCUT2D eigenvalue weighted by atomic mass is 32.2. The smallest absolute Gasteiger partial charge is 0.0209 e. The van der Waals surface area contributed by atoms with E-state index in [9.17, 15) is 0 Å². The largest absolute Gasteiger partial charge is 0.101 e. The fourth-order valence-electron chi connectivity index (χ4n) is 0.434. The van der Waals surface area contributed by atoms with Crippen LogP contribution in [0.15, 0.2) is 47.8 Å². The van der Waals surface area contributed by atoms with Crippen LogP contribution in [0.4, 0.5) is 0 Å². The van der Waals surface area contributed by atoms with E-state index < -0.39 is 0 Å². The maximum Gasteiger partial charge on any atom is -0.0209 e. The average Bonchev–Trinajstić information content (AvgIpc) is 1.87. The van der Waals surface area contributed by atoms with Crippen LogP contribution in [-0.4, -0.2) is 0 Å². The molecule has 0 aromatic rings. The molecule has 0 N–H and O–H groups in total. The van der Waals surface area contributed by atoms with Crippen molar-refractivity contribution in [3.8, 4) is 0 Å². The molecule has 68 valence electrons. The van der Waals surface area contributed by atoms with Gasteiger partial charge in [0, 0.05) is 0 Å². The SMILES string of the molecule is C=C(C)SC(=C)C.C=C/C=C\C. The van der Waals surface area contributed by atoms with Gasteiger partial charge in [-0.25, -0.2) is 0 Å². The van der Waals surface area contributed by atoms with Gasteiger partial charge in [0.25, 0.3) is 0 Å². The van der Waals surface area contributed by atoms with Crippen molar-refractivity contribution < 1.29 is 0 Å². The van der Waals surface area contributed by atoms with Crippen LogP contribution in [0.2, 0.25) is 0 Å². The van der Waals surface area contributed by atoms with Gasteiger partial charge in [-0.15, -0.1) is 11.8 Å². The summed E-state index contributed by atoms with van der Waals surface area (Å²) in [7, 11) is 0. The summed E-state index contributed by atoms with van der Waals surface area (Å²) in [4.78, 5) is 2.21. The van der Waals surface area contributed by atoms with Gasteiger partial charge < -0.3 is 0 Å². The lowest BCUT2D eigenvalue weighted by atomic mass is 10.5. The highest BCUT2D eigenvalue weighted by molar-refractivity contribution is 8.06. The van der Waals surface area contributed by atoms with Crippen LogP contribution in [-0.2, 0) is 0 Å². The third kappa shape index (κ3) is 22.8. The molecule has 0 saturated carbocycles. The minimum absolute atomic E-state index is 1.10. The lowest BCUT2D eigenvalue weighted by Gasteiger charge is -1.92. The third-order valence-corrected chi connectivity index (χ3v) is 1.37. The molecule has 0 unspecified atom stereocenters. The fraction of sp³-hybridized carbons (Fsp3) is 0.273. The van der Waals surface area contributed by atoms with Crippen molar-refractivity contribution >= 4 is 11.8 Å². The zero-order chi connectivity index (χ0) is 9.98. The first-order valence-electron chi connectivity index (χ1n) is 3.77. The molecule has 0 atom stereocenters. The molecule has 0 fully saturated rings. The van der Waals surface area contributed by atoms with Gasteiger partial charge in [-0.3, -0.25) is 0 Å². The summed E-state index contributed by atoms with van der Waals surface area (Å²) < 4.78 is 0. The Hall–Kier alpha value is -0.690. The van der Waals surface area contributed by atoms with Crippen LogP contribution in [0.25, 0.3) is 0 Å². The van der Waals surface area contributed by atoms with Gasteiger partial charge in [-0.05, 0) is 30.6 Å². The van der Waals surface area contributed by atoms with Crippen LogP contribution in [0, 0.1) is 0 Å². The van der Waals surface area contributed by atoms with E-state index in [1.807, 2.05) is 32.9 Å². The van der Waals surface area contributed by atoms with Crippen LogP contribution in [0.3, 0.4) is 0 Å². The Labute approximate surface area is 80.8 Å². The van der Waals surface area contributed by atoms with E-state index >= 15 is 0 Å². The number of hydrogen-bond donors (Lipinski definition) is 0. The molecule has 12 heavy (non-hydrogen) atoms. The minimum atomic E-state index is 1.10. The highest BCUT2D eigenvalue weighted by Gasteiger charge is 1.82. The van der Waals surface area contributed by atoms with Crippen LogP contribution in [0.1, 0.15) is 20.8 Å². The quantitative estimate of drug-likeness (QED) is 0.578. The van der Waals surface area contributed by atoms with Crippen molar-refractivity contribution in [1.29, 1.82) is 0 Å². The highest BCUT2D eigenvalue weighted by Crippen LogP contribution is 2.19. The molecular weight excluding hydrogens is 164 g/mol. The average molecular weight is 182 g/mol. The van der Waals surface area contributed by atoms with E-state index in [0.29, 0.717) is 0 Å². The van der Waals surface area contributed by atoms with Gasteiger partial charge in [-0.1, -0.05) is 38.0 Å². The summed E-state index contributed by atoms with van der Waals surface area (Å²) in [6.07, 6.45) is 5.58. The van der Waals surface area contributed by atoms with E-state index in [1.54, 1.807) is 17.8 Å². The molecule has 0 radical (unpaired) electrons. The standard InChI is InChI=1S/C6H10S.C5H8/c1-5(2)7-6(3)4;1-3-5-4-2/h1,3H2,2,4H3;3-5H,1H2,2H3/b;5-4-. The molecule has 0 aliphatic carbocycles. The second-order valence-electron chi connectivity index (χ2n) is 2.27. The van der Waals surface area contributed by atoms with E-state index in [-0.39, 0.29) is 0 Å². The van der Waals surface area contributed by atoms with E-state index in [4.69, 9.17) is 0 Å². The molecule has 0 bridgehead atoms. The Balaban J connectivity index is 0. The van der Waals surface area contributed by atoms with Crippen molar-refractivity contribution in [1.82, 2.24) is 0 Å². The van der Waals surface area contributed by atoms with Gasteiger partial charge >= 0.3 is 0 Å². The zero-order valence-electron chi connectivity index (χ0n) is 8.26. The third-order valence-electron chi connectivity index (χ3n) is 0.677. The van der Waals surface area contributed by atoms with Crippen LogP contribution in [0.5, 0.6) is 0 Å². The van der Waals surface area contributed by atoms with Crippen molar-refractivity contribution in [3.05, 3.63) is 47.8 Å². The number of rotatable bonds is 3. The lowest BCUT2D eigenvalue weighted by Crippen LogP contribution is -1.59. The Morgan fingerprint density at radius 1 is 1.17 bits per heavy atom. The van der Waals surface area contributed by atoms with Crippen LogP contribution >= 0.6 is 11.8 Å². The molecule has 0 saturated heterocycles. The van der Waals surface area contributed by atoms with Crippen molar-refractivity contribution in [2.75, 3.05) is 0 Å². The van der Waals surface area contributed by atoms with Gasteiger partial charge in [-0.2, -0.15) is 0 Å². The summed E-state index contributed by atoms with van der Waals surface area (Å²) >= 11 is 1.62. The van der Waals surface area contributed by atoms with Gasteiger partial charge in [0.15, 0.2) is 0 Å². The number of thioether (sulfide) groups is 1. The van der Waals surface area contributed by atoms with Crippen molar-refractivity contribution in [2.24, 2.45) is 0 Å². The second kappa shape index (κ2) is 10.3. The van der Waals surface area contributed by atoms with Crippen molar-refractivity contribution in [3.63, 3.8) is 0 Å². The summed E-state index contributed by atoms with van der Waals surface area (Å²) in [6.45, 7) is 16.8. The Morgan fingerprint density at radius 2 is 1.58 bits per heavy atom. The summed E-state index contributed by atoms with van der Waals surface area (Å²) in [6, 6.07) is 0. The first-order chi connectivity index (χ1) is 5.54.